The summed E-state index contributed by atoms with van der Waals surface area (Å²) in [5, 5.41) is 9.89. The van der Waals surface area contributed by atoms with E-state index in [1.807, 2.05) is 12.1 Å². The molecule has 5 nitrogen and oxygen atoms in total. The van der Waals surface area contributed by atoms with Crippen LogP contribution in [0, 0.1) is 0 Å². The molecular formula is C20H20ClN3O2. The average Bonchev–Trinajstić information content (AvgIpc) is 2.68. The SMILES string of the molecule is COc1nc(-c2cccc(C(C)C)c2)nc(-c2cc(CO)ccc2Cl)n1. The van der Waals surface area contributed by atoms with Crippen molar-refractivity contribution in [2.45, 2.75) is 26.4 Å². The number of aromatic nitrogens is 3. The van der Waals surface area contributed by atoms with Gasteiger partial charge < -0.3 is 9.84 Å². The van der Waals surface area contributed by atoms with E-state index in [4.69, 9.17) is 16.3 Å². The minimum Gasteiger partial charge on any atom is -0.467 e. The third-order valence-corrected chi connectivity index (χ3v) is 4.39. The third-order valence-electron chi connectivity index (χ3n) is 4.06. The fraction of sp³-hybridized carbons (Fsp3) is 0.250. The van der Waals surface area contributed by atoms with Crippen molar-refractivity contribution in [2.24, 2.45) is 0 Å². The van der Waals surface area contributed by atoms with Crippen LogP contribution in [0.4, 0.5) is 0 Å². The van der Waals surface area contributed by atoms with Crippen molar-refractivity contribution in [3.05, 3.63) is 58.6 Å². The molecule has 6 heteroatoms. The number of ether oxygens (including phenoxy) is 1. The molecule has 0 unspecified atom stereocenters. The Morgan fingerprint density at radius 2 is 1.81 bits per heavy atom. The minimum absolute atomic E-state index is 0.0876. The first kappa shape index (κ1) is 18.3. The van der Waals surface area contributed by atoms with E-state index in [1.54, 1.807) is 18.2 Å². The Morgan fingerprint density at radius 1 is 1.04 bits per heavy atom. The van der Waals surface area contributed by atoms with Gasteiger partial charge in [0.05, 0.1) is 18.7 Å². The summed E-state index contributed by atoms with van der Waals surface area (Å²) in [5.74, 6) is 1.32. The second-order valence-electron chi connectivity index (χ2n) is 6.22. The van der Waals surface area contributed by atoms with Gasteiger partial charge in [0, 0.05) is 11.1 Å². The highest BCUT2D eigenvalue weighted by Crippen LogP contribution is 2.29. The van der Waals surface area contributed by atoms with Crippen LogP contribution in [0.25, 0.3) is 22.8 Å². The molecule has 0 atom stereocenters. The number of aliphatic hydroxyl groups excluding tert-OH is 1. The zero-order valence-electron chi connectivity index (χ0n) is 14.9. The van der Waals surface area contributed by atoms with E-state index >= 15 is 0 Å². The number of benzene rings is 2. The Bertz CT molecular complexity index is 929. The van der Waals surface area contributed by atoms with E-state index < -0.39 is 0 Å². The molecule has 0 saturated carbocycles. The largest absolute Gasteiger partial charge is 0.467 e. The quantitative estimate of drug-likeness (QED) is 0.718. The molecular weight excluding hydrogens is 350 g/mol. The van der Waals surface area contributed by atoms with Crippen LogP contribution in [0.1, 0.15) is 30.9 Å². The third kappa shape index (κ3) is 3.84. The van der Waals surface area contributed by atoms with Gasteiger partial charge in [0.1, 0.15) is 0 Å². The first-order chi connectivity index (χ1) is 12.5. The van der Waals surface area contributed by atoms with Crippen molar-refractivity contribution in [1.29, 1.82) is 0 Å². The lowest BCUT2D eigenvalue weighted by Crippen LogP contribution is -2.01. The molecule has 0 fully saturated rings. The highest BCUT2D eigenvalue weighted by atomic mass is 35.5. The van der Waals surface area contributed by atoms with Crippen LogP contribution in [0.2, 0.25) is 5.02 Å². The lowest BCUT2D eigenvalue weighted by atomic mass is 10.0. The normalized spacial score (nSPS) is 11.0. The summed E-state index contributed by atoms with van der Waals surface area (Å²) in [6.07, 6.45) is 0. The summed E-state index contributed by atoms with van der Waals surface area (Å²) in [5.41, 5.74) is 3.43. The summed E-state index contributed by atoms with van der Waals surface area (Å²) < 4.78 is 5.26. The van der Waals surface area contributed by atoms with Gasteiger partial charge >= 0.3 is 6.01 Å². The number of hydrogen-bond acceptors (Lipinski definition) is 5. The van der Waals surface area contributed by atoms with Crippen LogP contribution in [0.5, 0.6) is 6.01 Å². The van der Waals surface area contributed by atoms with E-state index in [2.05, 4.69) is 40.9 Å². The van der Waals surface area contributed by atoms with Crippen LogP contribution < -0.4 is 4.74 Å². The molecule has 1 heterocycles. The standard InChI is InChI=1S/C20H20ClN3O2/c1-12(2)14-5-4-6-15(10-14)18-22-19(24-20(23-18)26-3)16-9-13(11-25)7-8-17(16)21/h4-10,12,25H,11H2,1-3H3. The minimum atomic E-state index is -0.0876. The molecule has 1 aromatic heterocycles. The van der Waals surface area contributed by atoms with Gasteiger partial charge in [0.25, 0.3) is 0 Å². The number of nitrogens with zero attached hydrogens (tertiary/aromatic N) is 3. The highest BCUT2D eigenvalue weighted by molar-refractivity contribution is 6.33. The van der Waals surface area contributed by atoms with Crippen LogP contribution in [-0.4, -0.2) is 27.2 Å². The predicted octanol–water partition coefficient (Wildman–Crippen LogP) is 4.48. The van der Waals surface area contributed by atoms with Crippen molar-refractivity contribution in [3.63, 3.8) is 0 Å². The van der Waals surface area contributed by atoms with E-state index in [-0.39, 0.29) is 12.6 Å². The van der Waals surface area contributed by atoms with Crippen LogP contribution >= 0.6 is 11.6 Å². The molecule has 0 saturated heterocycles. The van der Waals surface area contributed by atoms with Crippen molar-refractivity contribution >= 4 is 11.6 Å². The molecule has 3 aromatic rings. The number of aliphatic hydroxyl groups is 1. The topological polar surface area (TPSA) is 68.1 Å². The van der Waals surface area contributed by atoms with Gasteiger partial charge in [-0.3, -0.25) is 0 Å². The molecule has 0 aliphatic carbocycles. The smallest absolute Gasteiger partial charge is 0.320 e. The maximum absolute atomic E-state index is 9.39. The van der Waals surface area contributed by atoms with Crippen molar-refractivity contribution in [2.75, 3.05) is 7.11 Å². The van der Waals surface area contributed by atoms with Crippen molar-refractivity contribution in [1.82, 2.24) is 15.0 Å². The van der Waals surface area contributed by atoms with E-state index in [0.717, 1.165) is 11.1 Å². The van der Waals surface area contributed by atoms with Crippen LogP contribution in [0.15, 0.2) is 42.5 Å². The first-order valence-electron chi connectivity index (χ1n) is 8.32. The molecule has 26 heavy (non-hydrogen) atoms. The lowest BCUT2D eigenvalue weighted by Gasteiger charge is -2.10. The van der Waals surface area contributed by atoms with Crippen molar-refractivity contribution in [3.8, 4) is 28.8 Å². The van der Waals surface area contributed by atoms with E-state index in [0.29, 0.717) is 28.2 Å². The predicted molar refractivity (Wildman–Crippen MR) is 102 cm³/mol. The fourth-order valence-corrected chi connectivity index (χ4v) is 2.78. The molecule has 0 aliphatic heterocycles. The second kappa shape index (κ2) is 7.81. The van der Waals surface area contributed by atoms with Gasteiger partial charge in [0.2, 0.25) is 0 Å². The maximum atomic E-state index is 9.39. The van der Waals surface area contributed by atoms with Gasteiger partial charge in [0.15, 0.2) is 11.6 Å². The molecule has 0 amide bonds. The van der Waals surface area contributed by atoms with Crippen molar-refractivity contribution < 1.29 is 9.84 Å². The van der Waals surface area contributed by atoms with Gasteiger partial charge in [-0.25, -0.2) is 4.98 Å². The molecule has 2 aromatic carbocycles. The number of hydrogen-bond donors (Lipinski definition) is 1. The first-order valence-corrected chi connectivity index (χ1v) is 8.69. The number of methoxy groups -OCH3 is 1. The summed E-state index contributed by atoms with van der Waals surface area (Å²) in [6, 6.07) is 13.5. The summed E-state index contributed by atoms with van der Waals surface area (Å²) in [7, 11) is 1.51. The summed E-state index contributed by atoms with van der Waals surface area (Å²) in [6.45, 7) is 4.19. The highest BCUT2D eigenvalue weighted by Gasteiger charge is 2.14. The Morgan fingerprint density at radius 3 is 2.50 bits per heavy atom. The number of halogens is 1. The van der Waals surface area contributed by atoms with Crippen LogP contribution in [0.3, 0.4) is 0 Å². The van der Waals surface area contributed by atoms with E-state index in [1.165, 1.54) is 12.7 Å². The average molecular weight is 370 g/mol. The van der Waals surface area contributed by atoms with Crippen LogP contribution in [-0.2, 0) is 6.61 Å². The Kier molecular flexibility index (Phi) is 5.49. The monoisotopic (exact) mass is 369 g/mol. The summed E-state index contributed by atoms with van der Waals surface area (Å²) in [4.78, 5) is 13.3. The molecule has 0 radical (unpaired) electrons. The van der Waals surface area contributed by atoms with E-state index in [9.17, 15) is 5.11 Å². The second-order valence-corrected chi connectivity index (χ2v) is 6.63. The van der Waals surface area contributed by atoms with Gasteiger partial charge in [-0.1, -0.05) is 49.7 Å². The zero-order valence-corrected chi connectivity index (χ0v) is 15.7. The molecule has 0 bridgehead atoms. The lowest BCUT2D eigenvalue weighted by molar-refractivity contribution is 0.282. The van der Waals surface area contributed by atoms with Gasteiger partial charge in [-0.05, 0) is 35.2 Å². The fourth-order valence-electron chi connectivity index (χ4n) is 2.58. The molecule has 1 N–H and O–H groups in total. The molecule has 3 rings (SSSR count). The van der Waals surface area contributed by atoms with Gasteiger partial charge in [-0.2, -0.15) is 9.97 Å². The Balaban J connectivity index is 2.15. The van der Waals surface area contributed by atoms with Gasteiger partial charge in [-0.15, -0.1) is 0 Å². The molecule has 134 valence electrons. The Labute approximate surface area is 157 Å². The maximum Gasteiger partial charge on any atom is 0.320 e. The molecule has 0 aliphatic rings. The number of rotatable bonds is 5. The molecule has 0 spiro atoms. The zero-order chi connectivity index (χ0) is 18.7. The Hall–Kier alpha value is -2.50. The summed E-state index contributed by atoms with van der Waals surface area (Å²) >= 11 is 6.33.